The highest BCUT2D eigenvalue weighted by molar-refractivity contribution is 5.98. The number of hydrogen-bond acceptors (Lipinski definition) is 3. The SMILES string of the molecule is COc1ccc2cc(C(=O)N3CCN(C(=O)c4ccccc4)CC3)[nH]c2c1. The Balaban J connectivity index is 1.43. The zero-order chi connectivity index (χ0) is 18.8. The molecule has 0 spiro atoms. The van der Waals surface area contributed by atoms with Crippen LogP contribution in [-0.4, -0.2) is 59.9 Å². The first kappa shape index (κ1) is 17.1. The molecular weight excluding hydrogens is 342 g/mol. The minimum atomic E-state index is -0.0445. The molecule has 0 aliphatic carbocycles. The lowest BCUT2D eigenvalue weighted by molar-refractivity contribution is 0.0533. The molecule has 1 aliphatic heterocycles. The number of piperazine rings is 1. The quantitative estimate of drug-likeness (QED) is 0.778. The molecule has 0 atom stereocenters. The molecule has 0 bridgehead atoms. The van der Waals surface area contributed by atoms with Crippen molar-refractivity contribution in [2.45, 2.75) is 0 Å². The standard InChI is InChI=1S/C21H21N3O3/c1-27-17-8-7-16-13-19(22-18(16)14-17)21(26)24-11-9-23(10-12-24)20(25)15-5-3-2-4-6-15/h2-8,13-14,22H,9-12H2,1H3. The first-order valence-corrected chi connectivity index (χ1v) is 8.96. The van der Waals surface area contributed by atoms with Crippen LogP contribution in [0.25, 0.3) is 10.9 Å². The second-order valence-corrected chi connectivity index (χ2v) is 6.59. The zero-order valence-corrected chi connectivity index (χ0v) is 15.1. The molecule has 4 rings (SSSR count). The van der Waals surface area contributed by atoms with Crippen LogP contribution >= 0.6 is 0 Å². The second kappa shape index (κ2) is 7.15. The summed E-state index contributed by atoms with van der Waals surface area (Å²) in [6, 6.07) is 16.8. The number of carbonyl (C=O) groups excluding carboxylic acids is 2. The zero-order valence-electron chi connectivity index (χ0n) is 15.1. The summed E-state index contributed by atoms with van der Waals surface area (Å²) in [5.41, 5.74) is 2.11. The Kier molecular flexibility index (Phi) is 4.54. The highest BCUT2D eigenvalue weighted by Gasteiger charge is 2.26. The molecule has 3 aromatic rings. The van der Waals surface area contributed by atoms with E-state index in [1.165, 1.54) is 0 Å². The number of H-pyrrole nitrogens is 1. The largest absolute Gasteiger partial charge is 0.497 e. The van der Waals surface area contributed by atoms with Gasteiger partial charge >= 0.3 is 0 Å². The summed E-state index contributed by atoms with van der Waals surface area (Å²) in [5, 5.41) is 0.969. The van der Waals surface area contributed by atoms with Gasteiger partial charge in [-0.2, -0.15) is 0 Å². The summed E-state index contributed by atoms with van der Waals surface area (Å²) in [7, 11) is 1.62. The third kappa shape index (κ3) is 3.38. The number of amides is 2. The predicted molar refractivity (Wildman–Crippen MR) is 103 cm³/mol. The van der Waals surface area contributed by atoms with Gasteiger partial charge in [0.15, 0.2) is 0 Å². The average Bonchev–Trinajstić information content (AvgIpc) is 3.16. The van der Waals surface area contributed by atoms with Crippen LogP contribution in [0.2, 0.25) is 0 Å². The number of nitrogens with zero attached hydrogens (tertiary/aromatic N) is 2. The topological polar surface area (TPSA) is 65.6 Å². The van der Waals surface area contributed by atoms with Crippen molar-refractivity contribution >= 4 is 22.7 Å². The van der Waals surface area contributed by atoms with Gasteiger partial charge in [0.1, 0.15) is 11.4 Å². The molecule has 1 fully saturated rings. The smallest absolute Gasteiger partial charge is 0.270 e. The van der Waals surface area contributed by atoms with Crippen molar-refractivity contribution in [2.24, 2.45) is 0 Å². The third-order valence-electron chi connectivity index (χ3n) is 4.93. The maximum atomic E-state index is 12.8. The van der Waals surface area contributed by atoms with E-state index in [9.17, 15) is 9.59 Å². The Labute approximate surface area is 157 Å². The van der Waals surface area contributed by atoms with E-state index in [-0.39, 0.29) is 11.8 Å². The summed E-state index contributed by atoms with van der Waals surface area (Å²) in [5.74, 6) is 0.716. The van der Waals surface area contributed by atoms with Crippen LogP contribution in [0.3, 0.4) is 0 Å². The number of rotatable bonds is 3. The van der Waals surface area contributed by atoms with Crippen molar-refractivity contribution in [3.63, 3.8) is 0 Å². The summed E-state index contributed by atoms with van der Waals surface area (Å²) in [6.07, 6.45) is 0. The van der Waals surface area contributed by atoms with E-state index >= 15 is 0 Å². The lowest BCUT2D eigenvalue weighted by Gasteiger charge is -2.34. The van der Waals surface area contributed by atoms with E-state index in [2.05, 4.69) is 4.98 Å². The van der Waals surface area contributed by atoms with Crippen molar-refractivity contribution in [1.82, 2.24) is 14.8 Å². The molecule has 2 heterocycles. The summed E-state index contributed by atoms with van der Waals surface area (Å²) in [6.45, 7) is 2.12. The number of hydrogen-bond donors (Lipinski definition) is 1. The number of nitrogens with one attached hydrogen (secondary N) is 1. The van der Waals surface area contributed by atoms with Crippen LogP contribution in [0, 0.1) is 0 Å². The van der Waals surface area contributed by atoms with Gasteiger partial charge in [0.2, 0.25) is 0 Å². The second-order valence-electron chi connectivity index (χ2n) is 6.59. The van der Waals surface area contributed by atoms with Gasteiger partial charge < -0.3 is 19.5 Å². The van der Waals surface area contributed by atoms with Crippen LogP contribution in [-0.2, 0) is 0 Å². The van der Waals surface area contributed by atoms with Gasteiger partial charge in [-0.05, 0) is 30.3 Å². The van der Waals surface area contributed by atoms with Crippen LogP contribution in [0.1, 0.15) is 20.8 Å². The van der Waals surface area contributed by atoms with Gasteiger partial charge in [-0.3, -0.25) is 9.59 Å². The molecule has 2 aromatic carbocycles. The fraction of sp³-hybridized carbons (Fsp3) is 0.238. The van der Waals surface area contributed by atoms with E-state index in [1.54, 1.807) is 16.9 Å². The maximum Gasteiger partial charge on any atom is 0.270 e. The van der Waals surface area contributed by atoms with Gasteiger partial charge in [-0.1, -0.05) is 18.2 Å². The fourth-order valence-corrected chi connectivity index (χ4v) is 3.39. The Morgan fingerprint density at radius 3 is 2.22 bits per heavy atom. The van der Waals surface area contributed by atoms with Gasteiger partial charge in [-0.15, -0.1) is 0 Å². The third-order valence-corrected chi connectivity index (χ3v) is 4.93. The van der Waals surface area contributed by atoms with Crippen molar-refractivity contribution in [3.8, 4) is 5.75 Å². The molecule has 6 nitrogen and oxygen atoms in total. The van der Waals surface area contributed by atoms with E-state index in [4.69, 9.17) is 4.74 Å². The Morgan fingerprint density at radius 2 is 1.56 bits per heavy atom. The number of methoxy groups -OCH3 is 1. The monoisotopic (exact) mass is 363 g/mol. The van der Waals surface area contributed by atoms with Crippen molar-refractivity contribution in [3.05, 3.63) is 65.9 Å². The number of carbonyl (C=O) groups is 2. The Hall–Kier alpha value is -3.28. The van der Waals surface area contributed by atoms with Crippen molar-refractivity contribution in [1.29, 1.82) is 0 Å². The Bertz CT molecular complexity index is 973. The molecule has 1 aliphatic rings. The van der Waals surface area contributed by atoms with E-state index < -0.39 is 0 Å². The number of ether oxygens (including phenoxy) is 1. The highest BCUT2D eigenvalue weighted by Crippen LogP contribution is 2.22. The van der Waals surface area contributed by atoms with Gasteiger partial charge in [0.25, 0.3) is 11.8 Å². The first-order valence-electron chi connectivity index (χ1n) is 8.96. The summed E-state index contributed by atoms with van der Waals surface area (Å²) >= 11 is 0. The molecule has 0 radical (unpaired) electrons. The van der Waals surface area contributed by atoms with E-state index in [0.717, 1.165) is 16.7 Å². The molecule has 2 amide bonds. The normalized spacial score (nSPS) is 14.4. The number of aromatic amines is 1. The molecule has 1 aromatic heterocycles. The van der Waals surface area contributed by atoms with Gasteiger partial charge in [0.05, 0.1) is 7.11 Å². The summed E-state index contributed by atoms with van der Waals surface area (Å²) < 4.78 is 5.23. The molecule has 27 heavy (non-hydrogen) atoms. The lowest BCUT2D eigenvalue weighted by Crippen LogP contribution is -2.50. The van der Waals surface area contributed by atoms with Crippen molar-refractivity contribution < 1.29 is 14.3 Å². The minimum absolute atomic E-state index is 0.0143. The molecule has 1 saturated heterocycles. The predicted octanol–water partition coefficient (Wildman–Crippen LogP) is 2.77. The van der Waals surface area contributed by atoms with E-state index in [1.807, 2.05) is 54.6 Å². The minimum Gasteiger partial charge on any atom is -0.497 e. The van der Waals surface area contributed by atoms with Crippen LogP contribution in [0.5, 0.6) is 5.75 Å². The lowest BCUT2D eigenvalue weighted by atomic mass is 10.2. The molecule has 138 valence electrons. The molecule has 6 heteroatoms. The first-order chi connectivity index (χ1) is 13.2. The number of benzene rings is 2. The maximum absolute atomic E-state index is 12.8. The molecule has 1 N–H and O–H groups in total. The average molecular weight is 363 g/mol. The van der Waals surface area contributed by atoms with Crippen LogP contribution in [0.15, 0.2) is 54.6 Å². The number of fused-ring (bicyclic) bond motifs is 1. The van der Waals surface area contributed by atoms with E-state index in [0.29, 0.717) is 37.4 Å². The Morgan fingerprint density at radius 1 is 0.889 bits per heavy atom. The highest BCUT2D eigenvalue weighted by atomic mass is 16.5. The molecule has 0 unspecified atom stereocenters. The van der Waals surface area contributed by atoms with Crippen LogP contribution < -0.4 is 4.74 Å². The van der Waals surface area contributed by atoms with Gasteiger partial charge in [-0.25, -0.2) is 0 Å². The summed E-state index contributed by atoms with van der Waals surface area (Å²) in [4.78, 5) is 32.1. The molecule has 0 saturated carbocycles. The molecular formula is C21H21N3O3. The fourth-order valence-electron chi connectivity index (χ4n) is 3.39. The van der Waals surface area contributed by atoms with Crippen molar-refractivity contribution in [2.75, 3.05) is 33.3 Å². The van der Waals surface area contributed by atoms with Gasteiger partial charge in [0, 0.05) is 48.7 Å². The number of aromatic nitrogens is 1. The van der Waals surface area contributed by atoms with Crippen LogP contribution in [0.4, 0.5) is 0 Å².